The Balaban J connectivity index is 1.90. The van der Waals surface area contributed by atoms with Crippen LogP contribution in [0.1, 0.15) is 10.4 Å². The molecule has 0 spiro atoms. The van der Waals surface area contributed by atoms with E-state index in [0.717, 1.165) is 0 Å². The molecule has 0 amide bonds. The summed E-state index contributed by atoms with van der Waals surface area (Å²) >= 11 is 0. The maximum absolute atomic E-state index is 11.6. The smallest absolute Gasteiger partial charge is 0.353 e. The molecular formula is C18H15N5O4. The molecule has 0 radical (unpaired) electrons. The third kappa shape index (κ3) is 4.15. The van der Waals surface area contributed by atoms with Crippen molar-refractivity contribution in [2.24, 2.45) is 0 Å². The monoisotopic (exact) mass is 365 g/mol. The minimum absolute atomic E-state index is 0.0271. The van der Waals surface area contributed by atoms with Gasteiger partial charge in [-0.3, -0.25) is 10.1 Å². The summed E-state index contributed by atoms with van der Waals surface area (Å²) in [6, 6.07) is 15.3. The number of rotatable bonds is 6. The van der Waals surface area contributed by atoms with Gasteiger partial charge in [-0.2, -0.15) is 0 Å². The van der Waals surface area contributed by atoms with Gasteiger partial charge in [0.25, 0.3) is 0 Å². The topological polar surface area (TPSA) is 119 Å². The summed E-state index contributed by atoms with van der Waals surface area (Å²) in [5, 5.41) is 17.4. The first-order chi connectivity index (χ1) is 13.1. The zero-order valence-corrected chi connectivity index (χ0v) is 14.2. The average molecular weight is 365 g/mol. The van der Waals surface area contributed by atoms with E-state index in [9.17, 15) is 14.9 Å². The molecule has 0 aliphatic heterocycles. The minimum atomic E-state index is -0.559. The Morgan fingerprint density at radius 2 is 1.52 bits per heavy atom. The van der Waals surface area contributed by atoms with Gasteiger partial charge in [-0.1, -0.05) is 18.2 Å². The number of carbonyl (C=O) groups is 1. The van der Waals surface area contributed by atoms with Crippen LogP contribution in [0.4, 0.5) is 28.7 Å². The van der Waals surface area contributed by atoms with E-state index < -0.39 is 10.9 Å². The van der Waals surface area contributed by atoms with Gasteiger partial charge in [0.1, 0.15) is 6.33 Å². The molecule has 0 aliphatic carbocycles. The third-order valence-electron chi connectivity index (χ3n) is 3.61. The first kappa shape index (κ1) is 17.8. The molecule has 3 rings (SSSR count). The van der Waals surface area contributed by atoms with Gasteiger partial charge in [0.2, 0.25) is 11.6 Å². The molecule has 1 aromatic heterocycles. The lowest BCUT2D eigenvalue weighted by molar-refractivity contribution is -0.383. The maximum atomic E-state index is 11.6. The zero-order chi connectivity index (χ0) is 19.2. The van der Waals surface area contributed by atoms with Crippen LogP contribution in [0.5, 0.6) is 0 Å². The number of nitro groups is 1. The highest BCUT2D eigenvalue weighted by Gasteiger charge is 2.23. The lowest BCUT2D eigenvalue weighted by Gasteiger charge is -2.10. The Morgan fingerprint density at radius 1 is 0.963 bits per heavy atom. The van der Waals surface area contributed by atoms with Crippen molar-refractivity contribution in [2.75, 3.05) is 17.7 Å². The van der Waals surface area contributed by atoms with Crippen LogP contribution in [-0.2, 0) is 4.74 Å². The van der Waals surface area contributed by atoms with E-state index in [0.29, 0.717) is 16.9 Å². The fourth-order valence-corrected chi connectivity index (χ4v) is 2.34. The molecule has 0 unspecified atom stereocenters. The zero-order valence-electron chi connectivity index (χ0n) is 14.2. The van der Waals surface area contributed by atoms with E-state index in [1.807, 2.05) is 6.07 Å². The number of para-hydroxylation sites is 1. The van der Waals surface area contributed by atoms with Crippen LogP contribution in [0.25, 0.3) is 0 Å². The Bertz CT molecular complexity index is 961. The fourth-order valence-electron chi connectivity index (χ4n) is 2.34. The summed E-state index contributed by atoms with van der Waals surface area (Å²) in [6.45, 7) is 0. The Morgan fingerprint density at radius 3 is 2.04 bits per heavy atom. The molecule has 2 N–H and O–H groups in total. The predicted octanol–water partition coefficient (Wildman–Crippen LogP) is 3.66. The van der Waals surface area contributed by atoms with Gasteiger partial charge in [0.05, 0.1) is 17.6 Å². The van der Waals surface area contributed by atoms with Crippen molar-refractivity contribution in [2.45, 2.75) is 0 Å². The van der Waals surface area contributed by atoms with Gasteiger partial charge in [-0.25, -0.2) is 14.8 Å². The van der Waals surface area contributed by atoms with E-state index in [1.165, 1.54) is 13.4 Å². The van der Waals surface area contributed by atoms with Crippen LogP contribution in [0.2, 0.25) is 0 Å². The number of hydrogen-bond donors (Lipinski definition) is 2. The molecule has 3 aromatic rings. The molecular weight excluding hydrogens is 350 g/mol. The first-order valence-corrected chi connectivity index (χ1v) is 7.85. The molecule has 9 nitrogen and oxygen atoms in total. The van der Waals surface area contributed by atoms with E-state index in [4.69, 9.17) is 0 Å². The first-order valence-electron chi connectivity index (χ1n) is 7.85. The van der Waals surface area contributed by atoms with Crippen LogP contribution in [0, 0.1) is 10.1 Å². The van der Waals surface area contributed by atoms with Gasteiger partial charge in [-0.05, 0) is 36.4 Å². The SMILES string of the molecule is COC(=O)c1ccc(Nc2ncnc(Nc3ccccc3)c2[N+](=O)[O-])cc1. The summed E-state index contributed by atoms with van der Waals surface area (Å²) in [6.07, 6.45) is 1.23. The second-order valence-corrected chi connectivity index (χ2v) is 5.36. The molecule has 136 valence electrons. The third-order valence-corrected chi connectivity index (χ3v) is 3.61. The van der Waals surface area contributed by atoms with Crippen LogP contribution < -0.4 is 10.6 Å². The summed E-state index contributed by atoms with van der Waals surface area (Å²) in [5.41, 5.74) is 1.26. The Hall–Kier alpha value is -4.01. The predicted molar refractivity (Wildman–Crippen MR) is 99.5 cm³/mol. The van der Waals surface area contributed by atoms with Crippen LogP contribution >= 0.6 is 0 Å². The van der Waals surface area contributed by atoms with Crippen molar-refractivity contribution in [3.8, 4) is 0 Å². The Kier molecular flexibility index (Phi) is 5.22. The molecule has 0 aliphatic rings. The maximum Gasteiger partial charge on any atom is 0.353 e. The molecule has 1 heterocycles. The number of aromatic nitrogens is 2. The Labute approximate surface area is 154 Å². The number of nitrogens with zero attached hydrogens (tertiary/aromatic N) is 3. The number of nitrogens with one attached hydrogen (secondary N) is 2. The quantitative estimate of drug-likeness (QED) is 0.386. The largest absolute Gasteiger partial charge is 0.465 e. The van der Waals surface area contributed by atoms with Crippen LogP contribution in [-0.4, -0.2) is 28.0 Å². The minimum Gasteiger partial charge on any atom is -0.465 e. The molecule has 27 heavy (non-hydrogen) atoms. The van der Waals surface area contributed by atoms with Crippen molar-refractivity contribution < 1.29 is 14.5 Å². The average Bonchev–Trinajstić information content (AvgIpc) is 2.68. The number of hydrogen-bond acceptors (Lipinski definition) is 8. The van der Waals surface area contributed by atoms with Crippen molar-refractivity contribution in [1.82, 2.24) is 9.97 Å². The molecule has 0 saturated carbocycles. The number of benzene rings is 2. The van der Waals surface area contributed by atoms with Crippen LogP contribution in [0.15, 0.2) is 60.9 Å². The van der Waals surface area contributed by atoms with Gasteiger partial charge < -0.3 is 15.4 Å². The molecule has 2 aromatic carbocycles. The number of methoxy groups -OCH3 is 1. The van der Waals surface area contributed by atoms with Gasteiger partial charge in [0, 0.05) is 11.4 Å². The lowest BCUT2D eigenvalue weighted by Crippen LogP contribution is -2.06. The second-order valence-electron chi connectivity index (χ2n) is 5.36. The summed E-state index contributed by atoms with van der Waals surface area (Å²) < 4.78 is 4.64. The highest BCUT2D eigenvalue weighted by atomic mass is 16.6. The van der Waals surface area contributed by atoms with Crippen molar-refractivity contribution >= 4 is 34.7 Å². The number of esters is 1. The molecule has 0 bridgehead atoms. The van der Waals surface area contributed by atoms with Crippen LogP contribution in [0.3, 0.4) is 0 Å². The van der Waals surface area contributed by atoms with Crippen molar-refractivity contribution in [1.29, 1.82) is 0 Å². The summed E-state index contributed by atoms with van der Waals surface area (Å²) in [5.74, 6) is -0.377. The number of ether oxygens (including phenoxy) is 1. The van der Waals surface area contributed by atoms with Gasteiger partial charge in [-0.15, -0.1) is 0 Å². The lowest BCUT2D eigenvalue weighted by atomic mass is 10.2. The number of anilines is 4. The van der Waals surface area contributed by atoms with E-state index in [-0.39, 0.29) is 17.3 Å². The van der Waals surface area contributed by atoms with Gasteiger partial charge >= 0.3 is 11.7 Å². The molecule has 0 atom stereocenters. The highest BCUT2D eigenvalue weighted by Crippen LogP contribution is 2.32. The fraction of sp³-hybridized carbons (Fsp3) is 0.0556. The van der Waals surface area contributed by atoms with E-state index in [2.05, 4.69) is 25.3 Å². The molecule has 0 saturated heterocycles. The summed E-state index contributed by atoms with van der Waals surface area (Å²) in [7, 11) is 1.29. The van der Waals surface area contributed by atoms with Crippen molar-refractivity contribution in [3.05, 3.63) is 76.6 Å². The standard InChI is InChI=1S/C18H15N5O4/c1-27-18(24)12-7-9-14(10-8-12)22-17-15(23(25)26)16(19-11-20-17)21-13-5-3-2-4-6-13/h2-11H,1H3,(H2,19,20,21,22). The highest BCUT2D eigenvalue weighted by molar-refractivity contribution is 5.90. The second kappa shape index (κ2) is 7.91. The van der Waals surface area contributed by atoms with E-state index in [1.54, 1.807) is 48.5 Å². The molecule has 9 heteroatoms. The van der Waals surface area contributed by atoms with Crippen molar-refractivity contribution in [3.63, 3.8) is 0 Å². The summed E-state index contributed by atoms with van der Waals surface area (Å²) in [4.78, 5) is 30.5. The number of carbonyl (C=O) groups excluding carboxylic acids is 1. The van der Waals surface area contributed by atoms with E-state index >= 15 is 0 Å². The molecule has 0 fully saturated rings. The normalized spacial score (nSPS) is 10.1. The van der Waals surface area contributed by atoms with Gasteiger partial charge in [0.15, 0.2) is 0 Å².